The first-order valence-corrected chi connectivity index (χ1v) is 10.9. The minimum Gasteiger partial charge on any atom is -0.354 e. The highest BCUT2D eigenvalue weighted by Gasteiger charge is 2.31. The SMILES string of the molecule is O=C1c2ccccc2-c2c1c(Nc1ccc(-c3ccccc3)cc1Cl)cc1ccccc21. The first-order valence-electron chi connectivity index (χ1n) is 10.5. The smallest absolute Gasteiger partial charge is 0.196 e. The van der Waals surface area contributed by atoms with Gasteiger partial charge in [-0.25, -0.2) is 0 Å². The van der Waals surface area contributed by atoms with Crippen molar-refractivity contribution in [2.75, 3.05) is 5.32 Å². The summed E-state index contributed by atoms with van der Waals surface area (Å²) in [6.07, 6.45) is 0. The highest BCUT2D eigenvalue weighted by molar-refractivity contribution is 6.34. The first kappa shape index (κ1) is 18.9. The number of benzene rings is 5. The van der Waals surface area contributed by atoms with Crippen molar-refractivity contribution in [2.24, 2.45) is 0 Å². The number of carbonyl (C=O) groups is 1. The monoisotopic (exact) mass is 431 g/mol. The molecule has 0 bridgehead atoms. The second-order valence-corrected chi connectivity index (χ2v) is 8.36. The van der Waals surface area contributed by atoms with Gasteiger partial charge in [-0.05, 0) is 45.7 Å². The highest BCUT2D eigenvalue weighted by atomic mass is 35.5. The van der Waals surface area contributed by atoms with Crippen LogP contribution in [0.1, 0.15) is 15.9 Å². The number of fused-ring (bicyclic) bond motifs is 5. The minimum absolute atomic E-state index is 0.0425. The Morgan fingerprint density at radius 3 is 2.12 bits per heavy atom. The van der Waals surface area contributed by atoms with E-state index in [4.69, 9.17) is 11.6 Å². The molecule has 0 aromatic heterocycles. The predicted octanol–water partition coefficient (Wildman–Crippen LogP) is 8.12. The molecule has 5 aromatic rings. The maximum absolute atomic E-state index is 13.4. The maximum atomic E-state index is 13.4. The number of rotatable bonds is 3. The number of carbonyl (C=O) groups excluding carboxylic acids is 1. The van der Waals surface area contributed by atoms with E-state index in [1.807, 2.05) is 78.9 Å². The van der Waals surface area contributed by atoms with Crippen LogP contribution in [0.3, 0.4) is 0 Å². The summed E-state index contributed by atoms with van der Waals surface area (Å²) in [6.45, 7) is 0. The van der Waals surface area contributed by atoms with Crippen molar-refractivity contribution in [3.8, 4) is 22.3 Å². The Labute approximate surface area is 191 Å². The van der Waals surface area contributed by atoms with E-state index in [1.54, 1.807) is 0 Å². The van der Waals surface area contributed by atoms with E-state index in [0.717, 1.165) is 50.0 Å². The van der Waals surface area contributed by atoms with Crippen molar-refractivity contribution in [1.82, 2.24) is 0 Å². The van der Waals surface area contributed by atoms with E-state index in [9.17, 15) is 4.79 Å². The fourth-order valence-corrected chi connectivity index (χ4v) is 4.80. The molecule has 3 heteroatoms. The summed E-state index contributed by atoms with van der Waals surface area (Å²) in [6, 6.07) is 34.2. The van der Waals surface area contributed by atoms with E-state index in [0.29, 0.717) is 10.6 Å². The zero-order chi connectivity index (χ0) is 21.7. The van der Waals surface area contributed by atoms with Crippen molar-refractivity contribution in [1.29, 1.82) is 0 Å². The van der Waals surface area contributed by atoms with Crippen LogP contribution in [0.5, 0.6) is 0 Å². The standard InChI is InChI=1S/C29H18ClNO/c30-24-16-19(18-8-2-1-3-9-18)14-15-25(24)31-26-17-20-10-4-5-11-21(20)27-22-12-6-7-13-23(22)29(32)28(26)27/h1-17,31H. The van der Waals surface area contributed by atoms with Gasteiger partial charge in [0, 0.05) is 11.1 Å². The van der Waals surface area contributed by atoms with Crippen molar-refractivity contribution >= 4 is 39.5 Å². The number of nitrogens with one attached hydrogen (secondary N) is 1. The van der Waals surface area contributed by atoms with Crippen molar-refractivity contribution in [3.05, 3.63) is 119 Å². The largest absolute Gasteiger partial charge is 0.354 e. The molecule has 5 aromatic carbocycles. The van der Waals surface area contributed by atoms with Crippen LogP contribution in [0.15, 0.2) is 103 Å². The van der Waals surface area contributed by atoms with E-state index in [-0.39, 0.29) is 5.78 Å². The predicted molar refractivity (Wildman–Crippen MR) is 133 cm³/mol. The van der Waals surface area contributed by atoms with Gasteiger partial charge in [0.1, 0.15) is 0 Å². The fraction of sp³-hybridized carbons (Fsp3) is 0. The van der Waals surface area contributed by atoms with E-state index < -0.39 is 0 Å². The molecule has 0 saturated carbocycles. The number of ketones is 1. The normalized spacial score (nSPS) is 12.0. The van der Waals surface area contributed by atoms with Crippen LogP contribution in [-0.4, -0.2) is 5.78 Å². The molecule has 1 aliphatic rings. The van der Waals surface area contributed by atoms with Crippen molar-refractivity contribution in [3.63, 3.8) is 0 Å². The third kappa shape index (κ3) is 2.92. The van der Waals surface area contributed by atoms with Crippen LogP contribution in [0.25, 0.3) is 33.0 Å². The van der Waals surface area contributed by atoms with Crippen LogP contribution in [0.4, 0.5) is 11.4 Å². The van der Waals surface area contributed by atoms with Gasteiger partial charge in [0.2, 0.25) is 0 Å². The average Bonchev–Trinajstić information content (AvgIpc) is 3.14. The van der Waals surface area contributed by atoms with Gasteiger partial charge in [0.05, 0.1) is 22.0 Å². The maximum Gasteiger partial charge on any atom is 0.196 e. The van der Waals surface area contributed by atoms with Gasteiger partial charge in [-0.2, -0.15) is 0 Å². The number of hydrogen-bond donors (Lipinski definition) is 1. The lowest BCUT2D eigenvalue weighted by molar-refractivity contribution is 0.104. The van der Waals surface area contributed by atoms with E-state index >= 15 is 0 Å². The molecular weight excluding hydrogens is 414 g/mol. The molecule has 1 aliphatic carbocycles. The molecule has 2 nitrogen and oxygen atoms in total. The summed E-state index contributed by atoms with van der Waals surface area (Å²) in [5.41, 5.74) is 7.12. The van der Waals surface area contributed by atoms with Crippen LogP contribution < -0.4 is 5.32 Å². The zero-order valence-corrected chi connectivity index (χ0v) is 17.9. The Hall–Kier alpha value is -3.88. The summed E-state index contributed by atoms with van der Waals surface area (Å²) in [4.78, 5) is 13.4. The number of anilines is 2. The average molecular weight is 432 g/mol. The summed E-state index contributed by atoms with van der Waals surface area (Å²) in [5.74, 6) is 0.0425. The second-order valence-electron chi connectivity index (χ2n) is 7.96. The molecule has 0 radical (unpaired) electrons. The third-order valence-corrected chi connectivity index (χ3v) is 6.38. The lowest BCUT2D eigenvalue weighted by atomic mass is 9.96. The van der Waals surface area contributed by atoms with Crippen molar-refractivity contribution < 1.29 is 4.79 Å². The minimum atomic E-state index is 0.0425. The Balaban J connectivity index is 1.50. The third-order valence-electron chi connectivity index (χ3n) is 6.06. The quantitative estimate of drug-likeness (QED) is 0.306. The van der Waals surface area contributed by atoms with Gasteiger partial charge < -0.3 is 5.32 Å². The molecule has 6 rings (SSSR count). The molecule has 0 heterocycles. The van der Waals surface area contributed by atoms with Gasteiger partial charge in [0.25, 0.3) is 0 Å². The summed E-state index contributed by atoms with van der Waals surface area (Å²) < 4.78 is 0. The fourth-order valence-electron chi connectivity index (χ4n) is 4.57. The lowest BCUT2D eigenvalue weighted by Crippen LogP contribution is -2.02. The van der Waals surface area contributed by atoms with E-state index in [2.05, 4.69) is 29.6 Å². The molecular formula is C29H18ClNO. The Bertz CT molecular complexity index is 1520. The molecule has 0 fully saturated rings. The molecule has 0 unspecified atom stereocenters. The first-order chi connectivity index (χ1) is 15.7. The van der Waals surface area contributed by atoms with Crippen LogP contribution in [0, 0.1) is 0 Å². The lowest BCUT2D eigenvalue weighted by Gasteiger charge is -2.15. The van der Waals surface area contributed by atoms with Gasteiger partial charge in [-0.1, -0.05) is 96.5 Å². The highest BCUT2D eigenvalue weighted by Crippen LogP contribution is 2.46. The van der Waals surface area contributed by atoms with Gasteiger partial charge in [0.15, 0.2) is 5.78 Å². The van der Waals surface area contributed by atoms with Crippen LogP contribution >= 0.6 is 11.6 Å². The van der Waals surface area contributed by atoms with Crippen molar-refractivity contribution in [2.45, 2.75) is 0 Å². The molecule has 0 spiro atoms. The van der Waals surface area contributed by atoms with E-state index in [1.165, 1.54) is 0 Å². The summed E-state index contributed by atoms with van der Waals surface area (Å²) >= 11 is 6.68. The molecule has 0 atom stereocenters. The molecule has 152 valence electrons. The van der Waals surface area contributed by atoms with Gasteiger partial charge in [-0.3, -0.25) is 4.79 Å². The van der Waals surface area contributed by atoms with Gasteiger partial charge in [-0.15, -0.1) is 0 Å². The molecule has 1 N–H and O–H groups in total. The Morgan fingerprint density at radius 2 is 1.31 bits per heavy atom. The second kappa shape index (κ2) is 7.37. The van der Waals surface area contributed by atoms with Crippen LogP contribution in [0.2, 0.25) is 5.02 Å². The molecule has 0 aliphatic heterocycles. The zero-order valence-electron chi connectivity index (χ0n) is 17.1. The molecule has 0 saturated heterocycles. The number of halogens is 1. The van der Waals surface area contributed by atoms with Gasteiger partial charge >= 0.3 is 0 Å². The Morgan fingerprint density at radius 1 is 0.594 bits per heavy atom. The number of hydrogen-bond acceptors (Lipinski definition) is 2. The van der Waals surface area contributed by atoms with Crippen LogP contribution in [-0.2, 0) is 0 Å². The topological polar surface area (TPSA) is 29.1 Å². The summed E-state index contributed by atoms with van der Waals surface area (Å²) in [7, 11) is 0. The Kier molecular flexibility index (Phi) is 4.34. The molecule has 0 amide bonds. The summed E-state index contributed by atoms with van der Waals surface area (Å²) in [5, 5.41) is 6.22. The molecule has 32 heavy (non-hydrogen) atoms.